The van der Waals surface area contributed by atoms with Crippen molar-refractivity contribution < 1.29 is 22.7 Å². The standard InChI is InChI=1S/C12H16FNO4S/c1-3-19(17,18)14-7-10-5-4-9(6-11(10)13)8(2)12(15)16/h4-6,8,14H,3,7H2,1-2H3,(H,15,16)/t8-/m0/s1. The molecule has 0 bridgehead atoms. The number of sulfonamides is 1. The molecular formula is C12H16FNO4S. The van der Waals surface area contributed by atoms with E-state index >= 15 is 0 Å². The van der Waals surface area contributed by atoms with E-state index in [9.17, 15) is 17.6 Å². The average Bonchev–Trinajstić information content (AvgIpc) is 2.36. The third kappa shape index (κ3) is 4.29. The zero-order chi connectivity index (χ0) is 14.6. The van der Waals surface area contributed by atoms with Crippen LogP contribution in [0, 0.1) is 5.82 Å². The van der Waals surface area contributed by atoms with Crippen molar-refractivity contribution >= 4 is 16.0 Å². The number of benzene rings is 1. The zero-order valence-corrected chi connectivity index (χ0v) is 11.5. The fourth-order valence-electron chi connectivity index (χ4n) is 1.41. The van der Waals surface area contributed by atoms with E-state index in [1.165, 1.54) is 26.0 Å². The Morgan fingerprint density at radius 2 is 2.11 bits per heavy atom. The Hall–Kier alpha value is -1.47. The van der Waals surface area contributed by atoms with Crippen LogP contribution in [0.2, 0.25) is 0 Å². The molecule has 19 heavy (non-hydrogen) atoms. The minimum atomic E-state index is -3.39. The monoisotopic (exact) mass is 289 g/mol. The second-order valence-corrected chi connectivity index (χ2v) is 6.23. The molecule has 0 aromatic heterocycles. The van der Waals surface area contributed by atoms with Crippen LogP contribution in [0.25, 0.3) is 0 Å². The van der Waals surface area contributed by atoms with Gasteiger partial charge in [-0.2, -0.15) is 0 Å². The van der Waals surface area contributed by atoms with Crippen molar-refractivity contribution in [2.45, 2.75) is 26.3 Å². The van der Waals surface area contributed by atoms with Gasteiger partial charge < -0.3 is 5.11 Å². The van der Waals surface area contributed by atoms with Gasteiger partial charge in [0.15, 0.2) is 0 Å². The van der Waals surface area contributed by atoms with Crippen molar-refractivity contribution in [3.63, 3.8) is 0 Å². The number of aliphatic carboxylic acids is 1. The van der Waals surface area contributed by atoms with E-state index in [0.717, 1.165) is 6.07 Å². The van der Waals surface area contributed by atoms with Crippen molar-refractivity contribution in [2.24, 2.45) is 0 Å². The van der Waals surface area contributed by atoms with Gasteiger partial charge in [-0.05, 0) is 25.5 Å². The predicted molar refractivity (Wildman–Crippen MR) is 68.8 cm³/mol. The van der Waals surface area contributed by atoms with E-state index in [0.29, 0.717) is 5.56 Å². The molecule has 7 heteroatoms. The van der Waals surface area contributed by atoms with Gasteiger partial charge in [0.05, 0.1) is 11.7 Å². The molecule has 5 nitrogen and oxygen atoms in total. The minimum absolute atomic E-state index is 0.0806. The summed E-state index contributed by atoms with van der Waals surface area (Å²) >= 11 is 0. The smallest absolute Gasteiger partial charge is 0.310 e. The minimum Gasteiger partial charge on any atom is -0.481 e. The SMILES string of the molecule is CCS(=O)(=O)NCc1ccc([C@H](C)C(=O)O)cc1F. The second-order valence-electron chi connectivity index (χ2n) is 4.14. The fraction of sp³-hybridized carbons (Fsp3) is 0.417. The van der Waals surface area contributed by atoms with Crippen LogP contribution in [-0.2, 0) is 21.4 Å². The lowest BCUT2D eigenvalue weighted by Gasteiger charge is -2.10. The first-order valence-corrected chi connectivity index (χ1v) is 7.40. The normalized spacial score (nSPS) is 13.2. The number of halogens is 1. The number of hydrogen-bond donors (Lipinski definition) is 2. The molecule has 0 fully saturated rings. The fourth-order valence-corrected chi connectivity index (χ4v) is 1.99. The van der Waals surface area contributed by atoms with Crippen LogP contribution < -0.4 is 4.72 Å². The first-order chi connectivity index (χ1) is 8.76. The Labute approximate surface area is 111 Å². The highest BCUT2D eigenvalue weighted by Crippen LogP contribution is 2.19. The summed E-state index contributed by atoms with van der Waals surface area (Å²) in [5.41, 5.74) is 0.519. The first-order valence-electron chi connectivity index (χ1n) is 5.75. The molecule has 0 aliphatic heterocycles. The lowest BCUT2D eigenvalue weighted by molar-refractivity contribution is -0.138. The highest BCUT2D eigenvalue weighted by Gasteiger charge is 2.16. The molecule has 0 amide bonds. The molecule has 0 radical (unpaired) electrons. The number of nitrogens with one attached hydrogen (secondary N) is 1. The van der Waals surface area contributed by atoms with E-state index in [1.807, 2.05) is 0 Å². The maximum absolute atomic E-state index is 13.7. The van der Waals surface area contributed by atoms with Gasteiger partial charge >= 0.3 is 5.97 Å². The molecule has 0 aliphatic carbocycles. The number of carboxylic acid groups (broad SMARTS) is 1. The van der Waals surface area contributed by atoms with Crippen LogP contribution in [-0.4, -0.2) is 25.2 Å². The highest BCUT2D eigenvalue weighted by molar-refractivity contribution is 7.89. The lowest BCUT2D eigenvalue weighted by atomic mass is 10.00. The largest absolute Gasteiger partial charge is 0.481 e. The third-order valence-electron chi connectivity index (χ3n) is 2.81. The molecule has 1 atom stereocenters. The van der Waals surface area contributed by atoms with E-state index in [1.54, 1.807) is 0 Å². The van der Waals surface area contributed by atoms with Crippen molar-refractivity contribution in [3.8, 4) is 0 Å². The lowest BCUT2D eigenvalue weighted by Crippen LogP contribution is -2.25. The van der Waals surface area contributed by atoms with Crippen molar-refractivity contribution in [1.29, 1.82) is 0 Å². The molecule has 0 saturated heterocycles. The van der Waals surface area contributed by atoms with E-state index in [-0.39, 0.29) is 17.9 Å². The Kier molecular flexibility index (Phi) is 5.02. The van der Waals surface area contributed by atoms with Crippen LogP contribution in [0.4, 0.5) is 4.39 Å². The predicted octanol–water partition coefficient (Wildman–Crippen LogP) is 1.45. The van der Waals surface area contributed by atoms with Gasteiger partial charge in [0.2, 0.25) is 10.0 Å². The summed E-state index contributed by atoms with van der Waals surface area (Å²) in [6.07, 6.45) is 0. The molecule has 0 saturated carbocycles. The summed E-state index contributed by atoms with van der Waals surface area (Å²) in [5, 5.41) is 8.82. The number of carboxylic acids is 1. The Balaban J connectivity index is 2.87. The topological polar surface area (TPSA) is 83.5 Å². The molecule has 0 aliphatic rings. The summed E-state index contributed by atoms with van der Waals surface area (Å²) in [6.45, 7) is 2.79. The van der Waals surface area contributed by atoms with Crippen LogP contribution in [0.1, 0.15) is 30.9 Å². The van der Waals surface area contributed by atoms with Gasteiger partial charge in [0, 0.05) is 12.1 Å². The maximum atomic E-state index is 13.7. The molecule has 2 N–H and O–H groups in total. The molecule has 1 aromatic rings. The van der Waals surface area contributed by atoms with Crippen molar-refractivity contribution in [1.82, 2.24) is 4.72 Å². The number of rotatable bonds is 6. The molecule has 0 unspecified atom stereocenters. The number of hydrogen-bond acceptors (Lipinski definition) is 3. The Morgan fingerprint density at radius 3 is 2.58 bits per heavy atom. The molecule has 0 heterocycles. The maximum Gasteiger partial charge on any atom is 0.310 e. The quantitative estimate of drug-likeness (QED) is 0.830. The summed E-state index contributed by atoms with van der Waals surface area (Å²) < 4.78 is 38.5. The van der Waals surface area contributed by atoms with Gasteiger partial charge in [-0.3, -0.25) is 4.79 Å². The Bertz CT molecular complexity index is 571. The van der Waals surface area contributed by atoms with Crippen molar-refractivity contribution in [2.75, 3.05) is 5.75 Å². The zero-order valence-electron chi connectivity index (χ0n) is 10.7. The van der Waals surface area contributed by atoms with E-state index < -0.39 is 27.7 Å². The second kappa shape index (κ2) is 6.12. The first kappa shape index (κ1) is 15.6. The van der Waals surface area contributed by atoms with E-state index in [4.69, 9.17) is 5.11 Å². The van der Waals surface area contributed by atoms with Crippen LogP contribution in [0.3, 0.4) is 0 Å². The molecule has 1 aromatic carbocycles. The van der Waals surface area contributed by atoms with Gasteiger partial charge in [-0.25, -0.2) is 17.5 Å². The summed E-state index contributed by atoms with van der Waals surface area (Å²) in [7, 11) is -3.39. The third-order valence-corrected chi connectivity index (χ3v) is 4.15. The average molecular weight is 289 g/mol. The molecule has 0 spiro atoms. The summed E-state index contributed by atoms with van der Waals surface area (Å²) in [4.78, 5) is 10.8. The molecule has 106 valence electrons. The van der Waals surface area contributed by atoms with Gasteiger partial charge in [-0.1, -0.05) is 12.1 Å². The summed E-state index contributed by atoms with van der Waals surface area (Å²) in [6, 6.07) is 3.99. The van der Waals surface area contributed by atoms with Gasteiger partial charge in [-0.15, -0.1) is 0 Å². The van der Waals surface area contributed by atoms with Crippen LogP contribution in [0.5, 0.6) is 0 Å². The molecular weight excluding hydrogens is 273 g/mol. The Morgan fingerprint density at radius 1 is 1.47 bits per heavy atom. The van der Waals surface area contributed by atoms with Crippen LogP contribution >= 0.6 is 0 Å². The summed E-state index contributed by atoms with van der Waals surface area (Å²) in [5.74, 6) is -2.55. The highest BCUT2D eigenvalue weighted by atomic mass is 32.2. The van der Waals surface area contributed by atoms with Crippen molar-refractivity contribution in [3.05, 3.63) is 35.1 Å². The van der Waals surface area contributed by atoms with Gasteiger partial charge in [0.25, 0.3) is 0 Å². The van der Waals surface area contributed by atoms with Gasteiger partial charge in [0.1, 0.15) is 5.82 Å². The van der Waals surface area contributed by atoms with E-state index in [2.05, 4.69) is 4.72 Å². The number of carbonyl (C=O) groups is 1. The van der Waals surface area contributed by atoms with Crippen LogP contribution in [0.15, 0.2) is 18.2 Å². The molecule has 1 rings (SSSR count).